The van der Waals surface area contributed by atoms with E-state index in [1.54, 1.807) is 0 Å². The van der Waals surface area contributed by atoms with Crippen LogP contribution < -0.4 is 37.6 Å². The molecule has 0 aromatic heterocycles. The quantitative estimate of drug-likeness (QED) is 0.134. The van der Waals surface area contributed by atoms with Crippen molar-refractivity contribution in [3.05, 3.63) is 194 Å². The summed E-state index contributed by atoms with van der Waals surface area (Å²) in [4.78, 5) is 11.6. The zero-order chi connectivity index (χ0) is 35.3. The number of nitrogens with two attached hydrogens (primary N) is 1. The first kappa shape index (κ1) is 33.7. The van der Waals surface area contributed by atoms with E-state index < -0.39 is 15.8 Å². The van der Waals surface area contributed by atoms with Crippen LogP contribution in [0.25, 0.3) is 32.7 Å². The van der Waals surface area contributed by atoms with Crippen molar-refractivity contribution in [2.45, 2.75) is 19.3 Å². The van der Waals surface area contributed by atoms with Crippen molar-refractivity contribution in [2.75, 3.05) is 0 Å². The minimum atomic E-state index is -0.928. The molecule has 0 aliphatic heterocycles. The van der Waals surface area contributed by atoms with Gasteiger partial charge in [0.2, 0.25) is 5.91 Å². The second-order valence-corrected chi connectivity index (χ2v) is 17.4. The molecule has 0 saturated heterocycles. The van der Waals surface area contributed by atoms with Crippen LogP contribution in [0.5, 0.6) is 0 Å². The zero-order valence-electron chi connectivity index (χ0n) is 28.9. The summed E-state index contributed by atoms with van der Waals surface area (Å²) in [6, 6.07) is 69.3. The number of carbonyl (C=O) groups excluding carboxylic acids is 1. The van der Waals surface area contributed by atoms with Crippen LogP contribution >= 0.6 is 15.8 Å². The van der Waals surface area contributed by atoms with Crippen molar-refractivity contribution in [3.63, 3.8) is 0 Å². The van der Waals surface area contributed by atoms with Crippen LogP contribution in [0.1, 0.15) is 18.4 Å². The monoisotopic (exact) mass is 707 g/mol. The zero-order valence-corrected chi connectivity index (χ0v) is 30.7. The van der Waals surface area contributed by atoms with E-state index in [0.29, 0.717) is 6.42 Å². The predicted molar refractivity (Wildman–Crippen MR) is 226 cm³/mol. The van der Waals surface area contributed by atoms with Crippen molar-refractivity contribution in [1.29, 1.82) is 0 Å². The molecule has 2 N–H and O–H groups in total. The van der Waals surface area contributed by atoms with Gasteiger partial charge in [-0.1, -0.05) is 188 Å². The molecular weight excluding hydrogens is 668 g/mol. The molecule has 0 unspecified atom stereocenters. The Balaban J connectivity index is 1.48. The van der Waals surface area contributed by atoms with Gasteiger partial charge in [-0.3, -0.25) is 4.79 Å². The fourth-order valence-electron chi connectivity index (χ4n) is 7.31. The molecule has 0 fully saturated rings. The highest BCUT2D eigenvalue weighted by Crippen LogP contribution is 2.45. The maximum absolute atomic E-state index is 11.6. The molecule has 8 aromatic carbocycles. The number of rotatable bonds is 11. The molecule has 0 spiro atoms. The molecule has 8 aromatic rings. The second kappa shape index (κ2) is 15.5. The molecule has 0 aliphatic rings. The molecule has 0 aliphatic carbocycles. The number of benzene rings is 8. The molecule has 252 valence electrons. The van der Waals surface area contributed by atoms with Gasteiger partial charge < -0.3 is 5.73 Å². The van der Waals surface area contributed by atoms with Gasteiger partial charge >= 0.3 is 0 Å². The van der Waals surface area contributed by atoms with Gasteiger partial charge in [0.25, 0.3) is 0 Å². The Labute approximate surface area is 308 Å². The van der Waals surface area contributed by atoms with E-state index in [4.69, 9.17) is 5.73 Å². The number of amides is 1. The minimum absolute atomic E-state index is 0.250. The summed E-state index contributed by atoms with van der Waals surface area (Å²) in [5, 5.41) is 12.9. The maximum Gasteiger partial charge on any atom is 0.217 e. The van der Waals surface area contributed by atoms with Gasteiger partial charge in [0.15, 0.2) is 0 Å². The second-order valence-electron chi connectivity index (χ2n) is 13.0. The molecule has 4 heteroatoms. The van der Waals surface area contributed by atoms with Gasteiger partial charge in [-0.25, -0.2) is 0 Å². The highest BCUT2D eigenvalue weighted by Gasteiger charge is 2.28. The van der Waals surface area contributed by atoms with Crippen LogP contribution in [0.2, 0.25) is 0 Å². The Morgan fingerprint density at radius 1 is 0.442 bits per heavy atom. The topological polar surface area (TPSA) is 43.1 Å². The first-order valence-corrected chi connectivity index (χ1v) is 20.5. The maximum atomic E-state index is 11.6. The third kappa shape index (κ3) is 6.93. The van der Waals surface area contributed by atoms with Gasteiger partial charge in [0, 0.05) is 6.42 Å². The number of hydrogen-bond acceptors (Lipinski definition) is 1. The number of fused-ring (bicyclic) bond motifs is 2. The van der Waals surface area contributed by atoms with Crippen molar-refractivity contribution < 1.29 is 4.79 Å². The minimum Gasteiger partial charge on any atom is -0.370 e. The van der Waals surface area contributed by atoms with Crippen molar-refractivity contribution in [3.8, 4) is 11.1 Å². The molecule has 0 bridgehead atoms. The van der Waals surface area contributed by atoms with Crippen LogP contribution in [-0.2, 0) is 11.2 Å². The van der Waals surface area contributed by atoms with E-state index in [1.807, 2.05) is 0 Å². The van der Waals surface area contributed by atoms with Gasteiger partial charge in [-0.15, -0.1) is 0 Å². The van der Waals surface area contributed by atoms with Crippen molar-refractivity contribution >= 4 is 75.1 Å². The Hall–Kier alpha value is -5.39. The average molecular weight is 708 g/mol. The summed E-state index contributed by atoms with van der Waals surface area (Å²) in [6.45, 7) is 0. The van der Waals surface area contributed by atoms with Crippen LogP contribution in [-0.4, -0.2) is 5.91 Å². The smallest absolute Gasteiger partial charge is 0.217 e. The fourth-order valence-corrected chi connectivity index (χ4v) is 12.3. The van der Waals surface area contributed by atoms with E-state index in [1.165, 1.54) is 70.1 Å². The third-order valence-corrected chi connectivity index (χ3v) is 14.6. The van der Waals surface area contributed by atoms with Crippen LogP contribution in [0.15, 0.2) is 188 Å². The van der Waals surface area contributed by atoms with Crippen LogP contribution in [0.3, 0.4) is 0 Å². The predicted octanol–water partition coefficient (Wildman–Crippen LogP) is 8.98. The molecule has 8 rings (SSSR count). The summed E-state index contributed by atoms with van der Waals surface area (Å²) in [7, 11) is -1.84. The third-order valence-electron chi connectivity index (χ3n) is 9.65. The summed E-state index contributed by atoms with van der Waals surface area (Å²) >= 11 is 0. The summed E-state index contributed by atoms with van der Waals surface area (Å²) < 4.78 is 0. The Bertz CT molecular complexity index is 2390. The summed E-state index contributed by atoms with van der Waals surface area (Å²) in [5.41, 5.74) is 9.32. The van der Waals surface area contributed by atoms with Crippen molar-refractivity contribution in [2.24, 2.45) is 5.73 Å². The number of primary amides is 1. The molecule has 0 heterocycles. The lowest BCUT2D eigenvalue weighted by molar-refractivity contribution is -0.118. The van der Waals surface area contributed by atoms with E-state index in [9.17, 15) is 4.79 Å². The Morgan fingerprint density at radius 2 is 0.865 bits per heavy atom. The Kier molecular flexibility index (Phi) is 10.0. The molecule has 0 atom stereocenters. The highest BCUT2D eigenvalue weighted by atomic mass is 31.1. The van der Waals surface area contributed by atoms with Crippen molar-refractivity contribution in [1.82, 2.24) is 0 Å². The lowest BCUT2D eigenvalue weighted by Crippen LogP contribution is -2.26. The van der Waals surface area contributed by atoms with E-state index in [0.717, 1.165) is 12.8 Å². The van der Waals surface area contributed by atoms with Gasteiger partial charge in [0.1, 0.15) is 0 Å². The number of hydrogen-bond donors (Lipinski definition) is 1. The van der Waals surface area contributed by atoms with E-state index >= 15 is 0 Å². The summed E-state index contributed by atoms with van der Waals surface area (Å²) in [6.07, 6.45) is 1.94. The van der Waals surface area contributed by atoms with E-state index in [2.05, 4.69) is 188 Å². The average Bonchev–Trinajstić information content (AvgIpc) is 3.19. The molecule has 2 nitrogen and oxygen atoms in total. The Morgan fingerprint density at radius 3 is 1.35 bits per heavy atom. The molecular formula is C48H39NOP2. The van der Waals surface area contributed by atoms with Gasteiger partial charge in [-0.2, -0.15) is 0 Å². The standard InChI is InChI=1S/C48H39NOP2/c49-46(50)27-15-16-35-28-31-43-37(34-35)30-33-45(52(40-22-9-3-10-23-40)41-24-11-4-12-25-41)48(43)47-42-26-14-13-17-36(42)29-32-44(47)51(38-18-5-1-6-19-38)39-20-7-2-8-21-39/h1-14,17-26,28-34H,15-16,27H2,(H2,49,50). The first-order chi connectivity index (χ1) is 25.7. The van der Waals surface area contributed by atoms with Crippen LogP contribution in [0.4, 0.5) is 0 Å². The number of aryl methyl sites for hydroxylation is 1. The van der Waals surface area contributed by atoms with Gasteiger partial charge in [-0.05, 0) is 98.7 Å². The lowest BCUT2D eigenvalue weighted by atomic mass is 9.92. The molecule has 1 amide bonds. The number of carbonyl (C=O) groups is 1. The largest absolute Gasteiger partial charge is 0.370 e. The highest BCUT2D eigenvalue weighted by molar-refractivity contribution is 7.80. The van der Waals surface area contributed by atoms with E-state index in [-0.39, 0.29) is 5.91 Å². The van der Waals surface area contributed by atoms with Crippen LogP contribution in [0, 0.1) is 0 Å². The molecule has 52 heavy (non-hydrogen) atoms. The molecule has 0 saturated carbocycles. The normalized spacial score (nSPS) is 11.4. The SMILES string of the molecule is NC(=O)CCCc1ccc2c(-c3c(P(c4ccccc4)c4ccccc4)ccc4ccccc34)c(P(c3ccccc3)c3ccccc3)ccc2c1. The van der Waals surface area contributed by atoms with Gasteiger partial charge in [0.05, 0.1) is 0 Å². The first-order valence-electron chi connectivity index (χ1n) is 17.8. The summed E-state index contributed by atoms with van der Waals surface area (Å²) in [5.74, 6) is -0.250. The lowest BCUT2D eigenvalue weighted by Gasteiger charge is -2.28. The fraction of sp³-hybridized carbons (Fsp3) is 0.0625. The molecule has 0 radical (unpaired) electrons.